The lowest BCUT2D eigenvalue weighted by molar-refractivity contribution is 0.0696. The number of carbonyl (C=O) groups is 2. The molecule has 2 N–H and O–H groups in total. The summed E-state index contributed by atoms with van der Waals surface area (Å²) in [5, 5.41) is 11.5. The fraction of sp³-hybridized carbons (Fsp3) is 0.556. The first-order valence-electron chi connectivity index (χ1n) is 8.53. The van der Waals surface area contributed by atoms with Crippen molar-refractivity contribution in [3.63, 3.8) is 0 Å². The lowest BCUT2D eigenvalue weighted by atomic mass is 10.1. The zero-order chi connectivity index (χ0) is 17.9. The van der Waals surface area contributed by atoms with Crippen LogP contribution in [0.15, 0.2) is 24.3 Å². The van der Waals surface area contributed by atoms with Gasteiger partial charge in [0.25, 0.3) is 0 Å². The van der Waals surface area contributed by atoms with E-state index in [2.05, 4.69) is 31.0 Å². The Morgan fingerprint density at radius 3 is 2.29 bits per heavy atom. The van der Waals surface area contributed by atoms with Gasteiger partial charge < -0.3 is 14.7 Å². The highest BCUT2D eigenvalue weighted by molar-refractivity contribution is 5.89. The molecule has 24 heavy (non-hydrogen) atoms. The molecule has 6 heteroatoms. The van der Waals surface area contributed by atoms with Gasteiger partial charge in [-0.2, -0.15) is 0 Å². The normalized spacial score (nSPS) is 12.0. The van der Waals surface area contributed by atoms with Crippen molar-refractivity contribution in [2.45, 2.75) is 46.1 Å². The number of amides is 1. The Labute approximate surface area is 143 Å². The number of rotatable bonds is 10. The number of nitrogens with one attached hydrogen (secondary N) is 1. The van der Waals surface area contributed by atoms with Crippen molar-refractivity contribution < 1.29 is 19.4 Å². The standard InChI is InChI=1S/C18H28N2O4/c1-4-7-8-16(13-20(5-2)6-3)24-18(23)19-15-11-9-14(10-12-15)17(21)22/h9-12,16H,4-8,13H2,1-3H3,(H,19,23)(H,21,22). The van der Waals surface area contributed by atoms with Crippen molar-refractivity contribution in [1.82, 2.24) is 4.90 Å². The Kier molecular flexibility index (Phi) is 8.86. The molecular formula is C18H28N2O4. The lowest BCUT2D eigenvalue weighted by Crippen LogP contribution is -2.36. The monoisotopic (exact) mass is 336 g/mol. The van der Waals surface area contributed by atoms with Crippen molar-refractivity contribution in [2.24, 2.45) is 0 Å². The van der Waals surface area contributed by atoms with Crippen LogP contribution in [0.3, 0.4) is 0 Å². The molecule has 0 radical (unpaired) electrons. The van der Waals surface area contributed by atoms with E-state index in [0.29, 0.717) is 5.69 Å². The summed E-state index contributed by atoms with van der Waals surface area (Å²) in [6, 6.07) is 6.00. The maximum atomic E-state index is 12.1. The van der Waals surface area contributed by atoms with E-state index < -0.39 is 12.1 Å². The lowest BCUT2D eigenvalue weighted by Gasteiger charge is -2.25. The Balaban J connectivity index is 2.60. The van der Waals surface area contributed by atoms with E-state index in [0.717, 1.165) is 38.9 Å². The van der Waals surface area contributed by atoms with Crippen LogP contribution >= 0.6 is 0 Å². The molecule has 6 nitrogen and oxygen atoms in total. The molecule has 0 aliphatic carbocycles. The van der Waals surface area contributed by atoms with E-state index in [9.17, 15) is 9.59 Å². The minimum absolute atomic E-state index is 0.150. The Bertz CT molecular complexity index is 512. The van der Waals surface area contributed by atoms with Crippen LogP contribution in [0.4, 0.5) is 10.5 Å². The van der Waals surface area contributed by atoms with Gasteiger partial charge in [-0.25, -0.2) is 9.59 Å². The molecule has 0 aromatic heterocycles. The van der Waals surface area contributed by atoms with E-state index in [-0.39, 0.29) is 11.7 Å². The van der Waals surface area contributed by atoms with Crippen LogP contribution in [-0.4, -0.2) is 47.8 Å². The maximum absolute atomic E-state index is 12.1. The number of ether oxygens (including phenoxy) is 1. The average molecular weight is 336 g/mol. The van der Waals surface area contributed by atoms with Gasteiger partial charge in [-0.1, -0.05) is 27.2 Å². The molecule has 0 spiro atoms. The second-order valence-corrected chi connectivity index (χ2v) is 5.66. The van der Waals surface area contributed by atoms with E-state index >= 15 is 0 Å². The fourth-order valence-electron chi connectivity index (χ4n) is 2.38. The number of carboxylic acid groups (broad SMARTS) is 1. The van der Waals surface area contributed by atoms with Gasteiger partial charge in [0.1, 0.15) is 6.10 Å². The first-order valence-corrected chi connectivity index (χ1v) is 8.53. The van der Waals surface area contributed by atoms with Crippen molar-refractivity contribution >= 4 is 17.7 Å². The number of anilines is 1. The van der Waals surface area contributed by atoms with Gasteiger partial charge in [-0.3, -0.25) is 5.32 Å². The third-order valence-corrected chi connectivity index (χ3v) is 3.89. The summed E-state index contributed by atoms with van der Waals surface area (Å²) in [7, 11) is 0. The van der Waals surface area contributed by atoms with E-state index in [1.165, 1.54) is 12.1 Å². The topological polar surface area (TPSA) is 78.9 Å². The second-order valence-electron chi connectivity index (χ2n) is 5.66. The van der Waals surface area contributed by atoms with Gasteiger partial charge in [-0.15, -0.1) is 0 Å². The summed E-state index contributed by atoms with van der Waals surface area (Å²) in [5.74, 6) is -0.997. The van der Waals surface area contributed by atoms with Crippen molar-refractivity contribution in [1.29, 1.82) is 0 Å². The first-order chi connectivity index (χ1) is 11.5. The molecule has 1 aromatic rings. The van der Waals surface area contributed by atoms with E-state index in [4.69, 9.17) is 9.84 Å². The van der Waals surface area contributed by atoms with E-state index in [1.807, 2.05) is 0 Å². The number of hydrogen-bond acceptors (Lipinski definition) is 4. The molecule has 0 bridgehead atoms. The summed E-state index contributed by atoms with van der Waals surface area (Å²) in [5.41, 5.74) is 0.693. The molecule has 0 heterocycles. The maximum Gasteiger partial charge on any atom is 0.411 e. The van der Waals surface area contributed by atoms with Crippen LogP contribution in [0.1, 0.15) is 50.4 Å². The fourth-order valence-corrected chi connectivity index (χ4v) is 2.38. The van der Waals surface area contributed by atoms with Crippen LogP contribution < -0.4 is 5.32 Å². The molecule has 1 aromatic carbocycles. The molecule has 0 aliphatic rings. The van der Waals surface area contributed by atoms with Gasteiger partial charge in [0.05, 0.1) is 5.56 Å². The number of aromatic carboxylic acids is 1. The SMILES string of the molecule is CCCCC(CN(CC)CC)OC(=O)Nc1ccc(C(=O)O)cc1. The zero-order valence-corrected chi connectivity index (χ0v) is 14.7. The van der Waals surface area contributed by atoms with Crippen LogP contribution in [0.25, 0.3) is 0 Å². The third-order valence-electron chi connectivity index (χ3n) is 3.89. The third kappa shape index (κ3) is 7.00. The highest BCUT2D eigenvalue weighted by Gasteiger charge is 2.17. The van der Waals surface area contributed by atoms with Crippen molar-refractivity contribution in [2.75, 3.05) is 25.0 Å². The van der Waals surface area contributed by atoms with Crippen LogP contribution in [-0.2, 0) is 4.74 Å². The van der Waals surface area contributed by atoms with Gasteiger partial charge in [0.2, 0.25) is 0 Å². The highest BCUT2D eigenvalue weighted by Crippen LogP contribution is 2.12. The molecule has 0 aliphatic heterocycles. The van der Waals surface area contributed by atoms with Gasteiger partial charge in [-0.05, 0) is 50.2 Å². The highest BCUT2D eigenvalue weighted by atomic mass is 16.6. The molecule has 0 fully saturated rings. The molecule has 1 amide bonds. The quantitative estimate of drug-likeness (QED) is 0.679. The Morgan fingerprint density at radius 1 is 1.17 bits per heavy atom. The molecular weight excluding hydrogens is 308 g/mol. The van der Waals surface area contributed by atoms with Crippen LogP contribution in [0.2, 0.25) is 0 Å². The summed E-state index contributed by atoms with van der Waals surface area (Å²) < 4.78 is 5.56. The summed E-state index contributed by atoms with van der Waals surface area (Å²) >= 11 is 0. The predicted octanol–water partition coefficient (Wildman–Crippen LogP) is 3.83. The Morgan fingerprint density at radius 2 is 1.79 bits per heavy atom. The summed E-state index contributed by atoms with van der Waals surface area (Å²) in [6.07, 6.45) is 2.23. The van der Waals surface area contributed by atoms with Crippen LogP contribution in [0.5, 0.6) is 0 Å². The van der Waals surface area contributed by atoms with Crippen molar-refractivity contribution in [3.8, 4) is 0 Å². The number of unbranched alkanes of at least 4 members (excludes halogenated alkanes) is 1. The largest absolute Gasteiger partial charge is 0.478 e. The number of carboxylic acids is 1. The minimum atomic E-state index is -0.997. The number of likely N-dealkylation sites (N-methyl/N-ethyl adjacent to an activating group) is 1. The number of hydrogen-bond donors (Lipinski definition) is 2. The van der Waals surface area contributed by atoms with E-state index in [1.54, 1.807) is 12.1 Å². The zero-order valence-electron chi connectivity index (χ0n) is 14.7. The Hall–Kier alpha value is -2.08. The molecule has 134 valence electrons. The molecule has 1 rings (SSSR count). The number of nitrogens with zero attached hydrogens (tertiary/aromatic N) is 1. The molecule has 1 atom stereocenters. The number of carbonyl (C=O) groups excluding carboxylic acids is 1. The predicted molar refractivity (Wildman–Crippen MR) is 94.6 cm³/mol. The summed E-state index contributed by atoms with van der Waals surface area (Å²) in [4.78, 5) is 25.1. The van der Waals surface area contributed by atoms with Crippen LogP contribution in [0, 0.1) is 0 Å². The first kappa shape index (κ1) is 20.0. The van der Waals surface area contributed by atoms with Gasteiger partial charge >= 0.3 is 12.1 Å². The van der Waals surface area contributed by atoms with Gasteiger partial charge in [0.15, 0.2) is 0 Å². The molecule has 1 unspecified atom stereocenters. The van der Waals surface area contributed by atoms with Crippen molar-refractivity contribution in [3.05, 3.63) is 29.8 Å². The molecule has 0 saturated heterocycles. The number of benzene rings is 1. The minimum Gasteiger partial charge on any atom is -0.478 e. The smallest absolute Gasteiger partial charge is 0.411 e. The summed E-state index contributed by atoms with van der Waals surface area (Å²) in [6.45, 7) is 8.84. The molecule has 0 saturated carbocycles. The average Bonchev–Trinajstić information content (AvgIpc) is 2.57. The van der Waals surface area contributed by atoms with Gasteiger partial charge in [0, 0.05) is 12.2 Å². The second kappa shape index (κ2) is 10.6.